The summed E-state index contributed by atoms with van der Waals surface area (Å²) in [4.78, 5) is 2.42. The Morgan fingerprint density at radius 2 is 2.18 bits per heavy atom. The SMILES string of the molecule is CN1C[C@H]2CCC(N)[C@@]2(C)C1. The molecular weight excluding hydrogens is 136 g/mol. The zero-order valence-electron chi connectivity index (χ0n) is 7.51. The smallest absolute Gasteiger partial charge is 0.0108 e. The van der Waals surface area contributed by atoms with Crippen LogP contribution in [-0.4, -0.2) is 31.1 Å². The number of nitrogens with two attached hydrogens (primary N) is 1. The highest BCUT2D eigenvalue weighted by atomic mass is 15.1. The maximum absolute atomic E-state index is 6.09. The number of hydrogen-bond acceptors (Lipinski definition) is 2. The summed E-state index contributed by atoms with van der Waals surface area (Å²) in [7, 11) is 2.20. The Bertz CT molecular complexity index is 169. The van der Waals surface area contributed by atoms with Gasteiger partial charge in [-0.15, -0.1) is 0 Å². The molecule has 1 saturated carbocycles. The molecule has 1 unspecified atom stereocenters. The number of fused-ring (bicyclic) bond motifs is 1. The highest BCUT2D eigenvalue weighted by molar-refractivity contribution is 5.03. The van der Waals surface area contributed by atoms with Crippen LogP contribution in [-0.2, 0) is 0 Å². The Hall–Kier alpha value is -0.0800. The van der Waals surface area contributed by atoms with Crippen molar-refractivity contribution in [2.24, 2.45) is 17.1 Å². The first-order valence-electron chi connectivity index (χ1n) is 4.57. The van der Waals surface area contributed by atoms with Crippen LogP contribution in [0.25, 0.3) is 0 Å². The summed E-state index contributed by atoms with van der Waals surface area (Å²) in [6, 6.07) is 0.456. The first kappa shape index (κ1) is 7.56. The Labute approximate surface area is 68.7 Å². The van der Waals surface area contributed by atoms with Crippen molar-refractivity contribution in [1.82, 2.24) is 4.90 Å². The molecule has 11 heavy (non-hydrogen) atoms. The van der Waals surface area contributed by atoms with Crippen LogP contribution in [0.2, 0.25) is 0 Å². The highest BCUT2D eigenvalue weighted by Gasteiger charge is 2.49. The van der Waals surface area contributed by atoms with Gasteiger partial charge in [0.1, 0.15) is 0 Å². The normalized spacial score (nSPS) is 51.5. The van der Waals surface area contributed by atoms with Gasteiger partial charge in [-0.05, 0) is 31.2 Å². The molecule has 0 aromatic carbocycles. The van der Waals surface area contributed by atoms with Crippen LogP contribution in [0.15, 0.2) is 0 Å². The van der Waals surface area contributed by atoms with E-state index in [9.17, 15) is 0 Å². The molecule has 0 aromatic rings. The molecule has 1 saturated heterocycles. The van der Waals surface area contributed by atoms with Crippen molar-refractivity contribution in [3.63, 3.8) is 0 Å². The molecule has 64 valence electrons. The standard InChI is InChI=1S/C9H18N2/c1-9-6-11(2)5-7(9)3-4-8(9)10/h7-8H,3-6,10H2,1-2H3/t7-,8?,9+/m1/s1. The molecule has 2 fully saturated rings. The first-order valence-corrected chi connectivity index (χ1v) is 4.57. The maximum atomic E-state index is 6.09. The molecule has 0 radical (unpaired) electrons. The number of likely N-dealkylation sites (tertiary alicyclic amines) is 1. The second kappa shape index (κ2) is 2.20. The zero-order chi connectivity index (χ0) is 8.06. The zero-order valence-corrected chi connectivity index (χ0v) is 7.51. The van der Waals surface area contributed by atoms with Gasteiger partial charge in [-0.2, -0.15) is 0 Å². The molecule has 2 rings (SSSR count). The summed E-state index contributed by atoms with van der Waals surface area (Å²) in [5.41, 5.74) is 6.53. The average molecular weight is 154 g/mol. The number of hydrogen-bond donors (Lipinski definition) is 1. The van der Waals surface area contributed by atoms with Crippen LogP contribution in [0.4, 0.5) is 0 Å². The Kier molecular flexibility index (Phi) is 1.52. The molecule has 0 spiro atoms. The van der Waals surface area contributed by atoms with Crippen molar-refractivity contribution >= 4 is 0 Å². The predicted molar refractivity (Wildman–Crippen MR) is 46.3 cm³/mol. The lowest BCUT2D eigenvalue weighted by atomic mass is 9.80. The summed E-state index contributed by atoms with van der Waals surface area (Å²) in [6.45, 7) is 4.84. The van der Waals surface area contributed by atoms with Crippen molar-refractivity contribution in [2.45, 2.75) is 25.8 Å². The van der Waals surface area contributed by atoms with Gasteiger partial charge in [0, 0.05) is 19.1 Å². The van der Waals surface area contributed by atoms with E-state index >= 15 is 0 Å². The van der Waals surface area contributed by atoms with Crippen molar-refractivity contribution in [3.05, 3.63) is 0 Å². The van der Waals surface area contributed by atoms with Crippen molar-refractivity contribution in [3.8, 4) is 0 Å². The summed E-state index contributed by atoms with van der Waals surface area (Å²) in [5, 5.41) is 0. The third-order valence-electron chi connectivity index (χ3n) is 3.75. The van der Waals surface area contributed by atoms with E-state index in [-0.39, 0.29) is 0 Å². The van der Waals surface area contributed by atoms with E-state index < -0.39 is 0 Å². The van der Waals surface area contributed by atoms with E-state index in [4.69, 9.17) is 5.73 Å². The van der Waals surface area contributed by atoms with Crippen molar-refractivity contribution < 1.29 is 0 Å². The summed E-state index contributed by atoms with van der Waals surface area (Å²) in [5.74, 6) is 0.877. The van der Waals surface area contributed by atoms with E-state index in [1.807, 2.05) is 0 Å². The first-order chi connectivity index (χ1) is 5.13. The molecule has 0 amide bonds. The molecule has 2 nitrogen and oxygen atoms in total. The quantitative estimate of drug-likeness (QED) is 0.556. The van der Waals surface area contributed by atoms with E-state index in [1.165, 1.54) is 25.9 Å². The van der Waals surface area contributed by atoms with Gasteiger partial charge in [0.15, 0.2) is 0 Å². The minimum Gasteiger partial charge on any atom is -0.327 e. The van der Waals surface area contributed by atoms with Gasteiger partial charge in [-0.1, -0.05) is 6.92 Å². The van der Waals surface area contributed by atoms with E-state index in [2.05, 4.69) is 18.9 Å². The minimum atomic E-state index is 0.439. The van der Waals surface area contributed by atoms with E-state index in [0.29, 0.717) is 11.5 Å². The fourth-order valence-electron chi connectivity index (χ4n) is 2.91. The summed E-state index contributed by atoms with van der Waals surface area (Å²) < 4.78 is 0. The molecule has 0 aromatic heterocycles. The van der Waals surface area contributed by atoms with Gasteiger partial charge >= 0.3 is 0 Å². The van der Waals surface area contributed by atoms with Crippen LogP contribution >= 0.6 is 0 Å². The van der Waals surface area contributed by atoms with Gasteiger partial charge < -0.3 is 10.6 Å². The maximum Gasteiger partial charge on any atom is 0.0108 e. The second-order valence-electron chi connectivity index (χ2n) is 4.58. The topological polar surface area (TPSA) is 29.3 Å². The second-order valence-corrected chi connectivity index (χ2v) is 4.58. The van der Waals surface area contributed by atoms with Crippen LogP contribution in [0.1, 0.15) is 19.8 Å². The lowest BCUT2D eigenvalue weighted by molar-refractivity contribution is 0.254. The molecule has 1 heterocycles. The van der Waals surface area contributed by atoms with Crippen LogP contribution < -0.4 is 5.73 Å². The molecule has 3 atom stereocenters. The van der Waals surface area contributed by atoms with Crippen LogP contribution in [0, 0.1) is 11.3 Å². The monoisotopic (exact) mass is 154 g/mol. The molecular formula is C9H18N2. The average Bonchev–Trinajstić information content (AvgIpc) is 2.32. The van der Waals surface area contributed by atoms with E-state index in [1.54, 1.807) is 0 Å². The minimum absolute atomic E-state index is 0.439. The van der Waals surface area contributed by atoms with Gasteiger partial charge in [-0.3, -0.25) is 0 Å². The van der Waals surface area contributed by atoms with Gasteiger partial charge in [0.2, 0.25) is 0 Å². The Balaban J connectivity index is 2.20. The summed E-state index contributed by atoms with van der Waals surface area (Å²) in [6.07, 6.45) is 2.59. The molecule has 1 aliphatic carbocycles. The Morgan fingerprint density at radius 3 is 2.82 bits per heavy atom. The van der Waals surface area contributed by atoms with Gasteiger partial charge in [-0.25, -0.2) is 0 Å². The molecule has 0 bridgehead atoms. The lowest BCUT2D eigenvalue weighted by Gasteiger charge is -2.28. The fourth-order valence-corrected chi connectivity index (χ4v) is 2.91. The van der Waals surface area contributed by atoms with Crippen LogP contribution in [0.3, 0.4) is 0 Å². The highest BCUT2D eigenvalue weighted by Crippen LogP contribution is 2.46. The molecule has 1 aliphatic heterocycles. The third kappa shape index (κ3) is 0.926. The number of rotatable bonds is 0. The van der Waals surface area contributed by atoms with E-state index in [0.717, 1.165) is 5.92 Å². The summed E-state index contributed by atoms with van der Waals surface area (Å²) >= 11 is 0. The Morgan fingerprint density at radius 1 is 1.45 bits per heavy atom. The van der Waals surface area contributed by atoms with Crippen molar-refractivity contribution in [2.75, 3.05) is 20.1 Å². The largest absolute Gasteiger partial charge is 0.327 e. The third-order valence-corrected chi connectivity index (χ3v) is 3.75. The van der Waals surface area contributed by atoms with Crippen molar-refractivity contribution in [1.29, 1.82) is 0 Å². The lowest BCUT2D eigenvalue weighted by Crippen LogP contribution is -2.39. The van der Waals surface area contributed by atoms with Gasteiger partial charge in [0.05, 0.1) is 0 Å². The predicted octanol–water partition coefficient (Wildman–Crippen LogP) is 0.675. The van der Waals surface area contributed by atoms with Crippen LogP contribution in [0.5, 0.6) is 0 Å². The molecule has 2 heteroatoms. The molecule has 2 N–H and O–H groups in total. The van der Waals surface area contributed by atoms with Gasteiger partial charge in [0.25, 0.3) is 0 Å². The number of nitrogens with zero attached hydrogens (tertiary/aromatic N) is 1. The fraction of sp³-hybridized carbons (Fsp3) is 1.00. The molecule has 2 aliphatic rings.